The molecular formula is C16H26BrN5O2. The third kappa shape index (κ3) is 4.57. The van der Waals surface area contributed by atoms with Crippen molar-refractivity contribution in [1.29, 1.82) is 0 Å². The van der Waals surface area contributed by atoms with Crippen LogP contribution in [0.3, 0.4) is 0 Å². The molecule has 0 radical (unpaired) electrons. The summed E-state index contributed by atoms with van der Waals surface area (Å²) in [5, 5.41) is 2.76. The van der Waals surface area contributed by atoms with Gasteiger partial charge in [-0.05, 0) is 47.8 Å². The van der Waals surface area contributed by atoms with E-state index in [1.54, 1.807) is 0 Å². The van der Waals surface area contributed by atoms with E-state index in [1.807, 2.05) is 32.4 Å². The van der Waals surface area contributed by atoms with Gasteiger partial charge < -0.3 is 20.5 Å². The molecule has 0 saturated heterocycles. The number of amides is 2. The second-order valence-electron chi connectivity index (χ2n) is 7.61. The van der Waals surface area contributed by atoms with Crippen LogP contribution in [0, 0.1) is 5.41 Å². The molecule has 1 aliphatic heterocycles. The fourth-order valence-corrected chi connectivity index (χ4v) is 3.49. The van der Waals surface area contributed by atoms with Crippen molar-refractivity contribution in [1.82, 2.24) is 19.8 Å². The number of hydrogen-bond donors (Lipinski definition) is 2. The molecule has 0 aliphatic carbocycles. The second kappa shape index (κ2) is 7.23. The number of fused-ring (bicyclic) bond motifs is 1. The molecule has 1 aromatic heterocycles. The van der Waals surface area contributed by atoms with Crippen LogP contribution in [0.2, 0.25) is 0 Å². The maximum Gasteiger partial charge on any atom is 0.272 e. The minimum Gasteiger partial charge on any atom is -0.368 e. The topological polar surface area (TPSA) is 93.2 Å². The molecule has 24 heavy (non-hydrogen) atoms. The van der Waals surface area contributed by atoms with E-state index in [2.05, 4.69) is 31.1 Å². The smallest absolute Gasteiger partial charge is 0.272 e. The normalized spacial score (nSPS) is 17.0. The molecule has 134 valence electrons. The summed E-state index contributed by atoms with van der Waals surface area (Å²) in [5.41, 5.74) is 6.55. The number of hydrogen-bond acceptors (Lipinski definition) is 4. The average Bonchev–Trinajstić information content (AvgIpc) is 2.63. The molecule has 8 heteroatoms. The van der Waals surface area contributed by atoms with Gasteiger partial charge >= 0.3 is 0 Å². The van der Waals surface area contributed by atoms with Gasteiger partial charge in [-0.2, -0.15) is 0 Å². The van der Waals surface area contributed by atoms with Crippen LogP contribution in [0.25, 0.3) is 0 Å². The Hall–Kier alpha value is -1.41. The molecule has 1 aromatic rings. The Balaban J connectivity index is 2.25. The van der Waals surface area contributed by atoms with Crippen LogP contribution in [-0.2, 0) is 17.9 Å². The van der Waals surface area contributed by atoms with Crippen molar-refractivity contribution in [3.63, 3.8) is 0 Å². The number of halogens is 1. The molecule has 1 unspecified atom stereocenters. The number of rotatable bonds is 4. The fourth-order valence-electron chi connectivity index (χ4n) is 2.92. The lowest BCUT2D eigenvalue weighted by atomic mass is 9.88. The lowest BCUT2D eigenvalue weighted by Gasteiger charge is -2.24. The number of carbonyl (C=O) groups is 2. The van der Waals surface area contributed by atoms with E-state index >= 15 is 0 Å². The molecule has 3 N–H and O–H groups in total. The Morgan fingerprint density at radius 1 is 1.38 bits per heavy atom. The van der Waals surface area contributed by atoms with E-state index in [-0.39, 0.29) is 11.3 Å². The van der Waals surface area contributed by atoms with Gasteiger partial charge in [0.2, 0.25) is 5.91 Å². The van der Waals surface area contributed by atoms with E-state index in [1.165, 1.54) is 0 Å². The highest BCUT2D eigenvalue weighted by Crippen LogP contribution is 2.23. The van der Waals surface area contributed by atoms with Gasteiger partial charge in [0.1, 0.15) is 6.04 Å². The summed E-state index contributed by atoms with van der Waals surface area (Å²) in [7, 11) is 2.02. The lowest BCUT2D eigenvalue weighted by molar-refractivity contribution is -0.120. The van der Waals surface area contributed by atoms with E-state index in [4.69, 9.17) is 5.73 Å². The van der Waals surface area contributed by atoms with Crippen molar-refractivity contribution in [2.75, 3.05) is 13.6 Å². The van der Waals surface area contributed by atoms with Gasteiger partial charge in [0, 0.05) is 13.1 Å². The summed E-state index contributed by atoms with van der Waals surface area (Å²) in [4.78, 5) is 30.9. The molecule has 2 rings (SSSR count). The SMILES string of the molecule is CN1CCCn2c(Br)nc(C(=O)NC(CC(C)(C)C)C(N)=O)c2C1. The average molecular weight is 400 g/mol. The largest absolute Gasteiger partial charge is 0.368 e. The third-order valence-electron chi connectivity index (χ3n) is 4.05. The Kier molecular flexibility index (Phi) is 5.70. The molecule has 0 saturated carbocycles. The molecule has 1 aliphatic rings. The first kappa shape index (κ1) is 18.9. The van der Waals surface area contributed by atoms with Crippen LogP contribution in [-0.4, -0.2) is 45.9 Å². The first-order valence-electron chi connectivity index (χ1n) is 8.12. The number of nitrogens with one attached hydrogen (secondary N) is 1. The first-order valence-corrected chi connectivity index (χ1v) is 8.91. The van der Waals surface area contributed by atoms with Crippen LogP contribution in [0.1, 0.15) is 49.8 Å². The monoisotopic (exact) mass is 399 g/mol. The predicted octanol–water partition coefficient (Wildman–Crippen LogP) is 1.50. The quantitative estimate of drug-likeness (QED) is 0.801. The third-order valence-corrected chi connectivity index (χ3v) is 4.65. The van der Waals surface area contributed by atoms with Crippen molar-refractivity contribution in [3.8, 4) is 0 Å². The van der Waals surface area contributed by atoms with E-state index in [0.29, 0.717) is 23.4 Å². The van der Waals surface area contributed by atoms with E-state index in [9.17, 15) is 9.59 Å². The van der Waals surface area contributed by atoms with Gasteiger partial charge in [-0.25, -0.2) is 4.98 Å². The summed E-state index contributed by atoms with van der Waals surface area (Å²) in [6.07, 6.45) is 1.47. The molecule has 7 nitrogen and oxygen atoms in total. The van der Waals surface area contributed by atoms with Crippen molar-refractivity contribution in [2.45, 2.75) is 52.7 Å². The van der Waals surface area contributed by atoms with Crippen LogP contribution >= 0.6 is 15.9 Å². The zero-order chi connectivity index (χ0) is 18.1. The Bertz CT molecular complexity index is 635. The summed E-state index contributed by atoms with van der Waals surface area (Å²) in [6, 6.07) is -0.711. The maximum atomic E-state index is 12.7. The number of nitrogens with two attached hydrogens (primary N) is 1. The van der Waals surface area contributed by atoms with Crippen molar-refractivity contribution in [2.24, 2.45) is 11.1 Å². The van der Waals surface area contributed by atoms with Gasteiger partial charge in [0.15, 0.2) is 10.4 Å². The molecule has 2 heterocycles. The van der Waals surface area contributed by atoms with E-state index in [0.717, 1.165) is 25.2 Å². The van der Waals surface area contributed by atoms with Crippen LogP contribution in [0.4, 0.5) is 0 Å². The summed E-state index contributed by atoms with van der Waals surface area (Å²) in [5.74, 6) is -0.882. The van der Waals surface area contributed by atoms with Crippen molar-refractivity contribution in [3.05, 3.63) is 16.1 Å². The lowest BCUT2D eigenvalue weighted by Crippen LogP contribution is -2.46. The van der Waals surface area contributed by atoms with Gasteiger partial charge in [-0.1, -0.05) is 20.8 Å². The van der Waals surface area contributed by atoms with Gasteiger partial charge in [0.05, 0.1) is 5.69 Å². The van der Waals surface area contributed by atoms with Crippen molar-refractivity contribution >= 4 is 27.7 Å². The zero-order valence-electron chi connectivity index (χ0n) is 14.7. The Labute approximate surface area is 151 Å². The standard InChI is InChI=1S/C16H26BrN5O2/c1-16(2,3)8-10(13(18)23)19-14(24)12-11-9-21(4)6-5-7-22(11)15(17)20-12/h10H,5-9H2,1-4H3,(H2,18,23)(H,19,24). The molecule has 2 amide bonds. The van der Waals surface area contributed by atoms with Gasteiger partial charge in [-0.3, -0.25) is 9.59 Å². The summed E-state index contributed by atoms with van der Waals surface area (Å²) < 4.78 is 2.66. The highest BCUT2D eigenvalue weighted by Gasteiger charge is 2.29. The van der Waals surface area contributed by atoms with Gasteiger partial charge in [0.25, 0.3) is 5.91 Å². The van der Waals surface area contributed by atoms with Crippen molar-refractivity contribution < 1.29 is 9.59 Å². The maximum absolute atomic E-state index is 12.7. The fraction of sp³-hybridized carbons (Fsp3) is 0.688. The number of nitrogens with zero attached hydrogens (tertiary/aromatic N) is 3. The zero-order valence-corrected chi connectivity index (χ0v) is 16.3. The number of primary amides is 1. The number of aromatic nitrogens is 2. The molecule has 0 aromatic carbocycles. The first-order chi connectivity index (χ1) is 11.1. The molecule has 1 atom stereocenters. The Morgan fingerprint density at radius 2 is 2.04 bits per heavy atom. The molecule has 0 fully saturated rings. The highest BCUT2D eigenvalue weighted by atomic mass is 79.9. The predicted molar refractivity (Wildman–Crippen MR) is 95.4 cm³/mol. The summed E-state index contributed by atoms with van der Waals surface area (Å²) in [6.45, 7) is 8.42. The molecular weight excluding hydrogens is 374 g/mol. The highest BCUT2D eigenvalue weighted by molar-refractivity contribution is 9.10. The number of carbonyl (C=O) groups excluding carboxylic acids is 2. The minimum absolute atomic E-state index is 0.126. The van der Waals surface area contributed by atoms with Gasteiger partial charge in [-0.15, -0.1) is 0 Å². The van der Waals surface area contributed by atoms with Crippen LogP contribution < -0.4 is 11.1 Å². The molecule has 0 bridgehead atoms. The summed E-state index contributed by atoms with van der Waals surface area (Å²) >= 11 is 3.43. The Morgan fingerprint density at radius 3 is 2.62 bits per heavy atom. The van der Waals surface area contributed by atoms with E-state index < -0.39 is 11.9 Å². The molecule has 0 spiro atoms. The van der Waals surface area contributed by atoms with Crippen LogP contribution in [0.15, 0.2) is 4.73 Å². The minimum atomic E-state index is -0.711. The number of imidazole rings is 1. The second-order valence-corrected chi connectivity index (χ2v) is 8.32. The van der Waals surface area contributed by atoms with Crippen LogP contribution in [0.5, 0.6) is 0 Å².